The molecular weight excluding hydrogens is 306 g/mol. The third-order valence-corrected chi connectivity index (χ3v) is 4.43. The molecule has 3 aromatic heterocycles. The number of hydrogen-bond donors (Lipinski definition) is 1. The van der Waals surface area contributed by atoms with Crippen molar-refractivity contribution in [2.24, 2.45) is 0 Å². The largest absolute Gasteiger partial charge is 0.481 e. The summed E-state index contributed by atoms with van der Waals surface area (Å²) < 4.78 is 6.96. The molecule has 0 saturated carbocycles. The van der Waals surface area contributed by atoms with Crippen LogP contribution in [-0.2, 0) is 0 Å². The lowest BCUT2D eigenvalue weighted by Crippen LogP contribution is -2.36. The molecule has 0 aliphatic carbocycles. The number of pyridine rings is 1. The summed E-state index contributed by atoms with van der Waals surface area (Å²) in [7, 11) is 1.60. The number of aliphatic hydroxyl groups is 1. The van der Waals surface area contributed by atoms with E-state index in [0.717, 1.165) is 48.5 Å². The van der Waals surface area contributed by atoms with Crippen LogP contribution in [0.2, 0.25) is 0 Å². The molecule has 24 heavy (non-hydrogen) atoms. The highest BCUT2D eigenvalue weighted by molar-refractivity contribution is 5.77. The van der Waals surface area contributed by atoms with Gasteiger partial charge < -0.3 is 14.7 Å². The van der Waals surface area contributed by atoms with Gasteiger partial charge in [0.15, 0.2) is 5.65 Å². The summed E-state index contributed by atoms with van der Waals surface area (Å²) in [5.41, 5.74) is 2.68. The van der Waals surface area contributed by atoms with Crippen LogP contribution in [0, 0.1) is 0 Å². The molecule has 1 N–H and O–H groups in total. The molecule has 7 nitrogen and oxygen atoms in total. The minimum atomic E-state index is -0.197. The van der Waals surface area contributed by atoms with Crippen molar-refractivity contribution < 1.29 is 9.84 Å². The van der Waals surface area contributed by atoms with Gasteiger partial charge in [0.05, 0.1) is 19.4 Å². The van der Waals surface area contributed by atoms with Crippen LogP contribution in [0.5, 0.6) is 5.88 Å². The molecule has 1 aliphatic heterocycles. The summed E-state index contributed by atoms with van der Waals surface area (Å²) in [5.74, 6) is 1.58. The first-order valence-electron chi connectivity index (χ1n) is 8.02. The Morgan fingerprint density at radius 1 is 1.12 bits per heavy atom. The van der Waals surface area contributed by atoms with E-state index in [2.05, 4.69) is 20.0 Å². The van der Waals surface area contributed by atoms with Gasteiger partial charge in [-0.3, -0.25) is 0 Å². The highest BCUT2D eigenvalue weighted by atomic mass is 16.5. The lowest BCUT2D eigenvalue weighted by atomic mass is 10.1. The Balaban J connectivity index is 1.73. The average Bonchev–Trinajstić information content (AvgIpc) is 3.07. The van der Waals surface area contributed by atoms with E-state index in [1.54, 1.807) is 19.5 Å². The molecule has 1 aliphatic rings. The summed E-state index contributed by atoms with van der Waals surface area (Å²) in [6, 6.07) is 5.75. The minimum Gasteiger partial charge on any atom is -0.481 e. The van der Waals surface area contributed by atoms with Crippen LogP contribution in [-0.4, -0.2) is 51.0 Å². The van der Waals surface area contributed by atoms with E-state index in [4.69, 9.17) is 4.74 Å². The zero-order chi connectivity index (χ0) is 16.5. The fraction of sp³-hybridized carbons (Fsp3) is 0.353. The highest BCUT2D eigenvalue weighted by Gasteiger charge is 2.20. The molecule has 124 valence electrons. The number of piperidine rings is 1. The molecule has 1 fully saturated rings. The number of fused-ring (bicyclic) bond motifs is 1. The van der Waals surface area contributed by atoms with Crippen LogP contribution < -0.4 is 9.64 Å². The fourth-order valence-corrected chi connectivity index (χ4v) is 3.08. The predicted octanol–water partition coefficient (Wildman–Crippen LogP) is 1.76. The third kappa shape index (κ3) is 2.56. The van der Waals surface area contributed by atoms with Crippen molar-refractivity contribution in [3.05, 3.63) is 36.8 Å². The standard InChI is InChI=1S/C17H19N5O2/c1-24-15-3-2-12(10-19-15)14-11-20-22-16(4-7-18-17(14)22)21-8-5-13(23)6-9-21/h2-4,7,10-11,13,23H,5-6,8-9H2,1H3. The van der Waals surface area contributed by atoms with Gasteiger partial charge in [-0.1, -0.05) is 0 Å². The Kier molecular flexibility index (Phi) is 3.78. The number of methoxy groups -OCH3 is 1. The van der Waals surface area contributed by atoms with Gasteiger partial charge in [0.25, 0.3) is 0 Å². The summed E-state index contributed by atoms with van der Waals surface area (Å²) in [4.78, 5) is 11.0. The first-order chi connectivity index (χ1) is 11.8. The van der Waals surface area contributed by atoms with Crippen LogP contribution in [0.15, 0.2) is 36.8 Å². The van der Waals surface area contributed by atoms with E-state index in [1.165, 1.54) is 0 Å². The number of rotatable bonds is 3. The molecule has 0 unspecified atom stereocenters. The van der Waals surface area contributed by atoms with Crippen molar-refractivity contribution in [2.75, 3.05) is 25.1 Å². The number of nitrogens with zero attached hydrogens (tertiary/aromatic N) is 5. The molecule has 0 spiro atoms. The second-order valence-electron chi connectivity index (χ2n) is 5.90. The Bertz CT molecular complexity index is 838. The maximum Gasteiger partial charge on any atom is 0.212 e. The number of ether oxygens (including phenoxy) is 1. The van der Waals surface area contributed by atoms with Crippen molar-refractivity contribution in [3.63, 3.8) is 0 Å². The minimum absolute atomic E-state index is 0.197. The monoisotopic (exact) mass is 325 g/mol. The second kappa shape index (κ2) is 6.09. The van der Waals surface area contributed by atoms with E-state index in [1.807, 2.05) is 28.9 Å². The Morgan fingerprint density at radius 2 is 1.96 bits per heavy atom. The average molecular weight is 325 g/mol. The van der Waals surface area contributed by atoms with Gasteiger partial charge in [-0.05, 0) is 25.0 Å². The first kappa shape index (κ1) is 14.9. The number of hydrogen-bond acceptors (Lipinski definition) is 6. The van der Waals surface area contributed by atoms with Crippen LogP contribution in [0.1, 0.15) is 12.8 Å². The normalized spacial score (nSPS) is 15.8. The molecule has 4 heterocycles. The maximum atomic E-state index is 9.70. The second-order valence-corrected chi connectivity index (χ2v) is 5.90. The Labute approximate surface area is 139 Å². The number of anilines is 1. The van der Waals surface area contributed by atoms with Crippen molar-refractivity contribution in [1.29, 1.82) is 0 Å². The smallest absolute Gasteiger partial charge is 0.212 e. The highest BCUT2D eigenvalue weighted by Crippen LogP contribution is 2.27. The van der Waals surface area contributed by atoms with Gasteiger partial charge in [-0.15, -0.1) is 0 Å². The Morgan fingerprint density at radius 3 is 2.67 bits per heavy atom. The van der Waals surface area contributed by atoms with Gasteiger partial charge in [0.1, 0.15) is 5.82 Å². The van der Waals surface area contributed by atoms with Crippen molar-refractivity contribution >= 4 is 11.5 Å². The van der Waals surface area contributed by atoms with Gasteiger partial charge >= 0.3 is 0 Å². The van der Waals surface area contributed by atoms with E-state index in [0.29, 0.717) is 5.88 Å². The van der Waals surface area contributed by atoms with Gasteiger partial charge in [-0.25, -0.2) is 9.97 Å². The van der Waals surface area contributed by atoms with Crippen LogP contribution >= 0.6 is 0 Å². The predicted molar refractivity (Wildman–Crippen MR) is 90.2 cm³/mol. The van der Waals surface area contributed by atoms with E-state index in [-0.39, 0.29) is 6.10 Å². The molecule has 0 radical (unpaired) electrons. The SMILES string of the molecule is COc1ccc(-c2cnn3c(N4CCC(O)CC4)ccnc23)cn1. The summed E-state index contributed by atoms with van der Waals surface area (Å²) in [6.07, 6.45) is 6.74. The van der Waals surface area contributed by atoms with Gasteiger partial charge in [0, 0.05) is 42.7 Å². The molecule has 0 amide bonds. The molecule has 3 aromatic rings. The zero-order valence-corrected chi connectivity index (χ0v) is 13.5. The van der Waals surface area contributed by atoms with Crippen LogP contribution in [0.25, 0.3) is 16.8 Å². The van der Waals surface area contributed by atoms with E-state index in [9.17, 15) is 5.11 Å². The number of aromatic nitrogens is 4. The van der Waals surface area contributed by atoms with Gasteiger partial charge in [0.2, 0.25) is 5.88 Å². The lowest BCUT2D eigenvalue weighted by molar-refractivity contribution is 0.145. The van der Waals surface area contributed by atoms with Crippen LogP contribution in [0.4, 0.5) is 5.82 Å². The van der Waals surface area contributed by atoms with E-state index >= 15 is 0 Å². The lowest BCUT2D eigenvalue weighted by Gasteiger charge is -2.31. The molecule has 4 rings (SSSR count). The zero-order valence-electron chi connectivity index (χ0n) is 13.5. The Hall–Kier alpha value is -2.67. The summed E-state index contributed by atoms with van der Waals surface area (Å²) in [5, 5.41) is 14.2. The topological polar surface area (TPSA) is 75.8 Å². The van der Waals surface area contributed by atoms with Gasteiger partial charge in [-0.2, -0.15) is 9.61 Å². The quantitative estimate of drug-likeness (QED) is 0.791. The van der Waals surface area contributed by atoms with Crippen molar-refractivity contribution in [3.8, 4) is 17.0 Å². The molecule has 0 bridgehead atoms. The molecular formula is C17H19N5O2. The molecule has 0 atom stereocenters. The van der Waals surface area contributed by atoms with Crippen molar-refractivity contribution in [1.82, 2.24) is 19.6 Å². The molecule has 7 heteroatoms. The van der Waals surface area contributed by atoms with Crippen molar-refractivity contribution in [2.45, 2.75) is 18.9 Å². The van der Waals surface area contributed by atoms with E-state index < -0.39 is 0 Å². The first-order valence-corrected chi connectivity index (χ1v) is 8.02. The summed E-state index contributed by atoms with van der Waals surface area (Å²) >= 11 is 0. The maximum absolute atomic E-state index is 9.70. The molecule has 1 saturated heterocycles. The third-order valence-electron chi connectivity index (χ3n) is 4.43. The fourth-order valence-electron chi connectivity index (χ4n) is 3.08. The summed E-state index contributed by atoms with van der Waals surface area (Å²) in [6.45, 7) is 1.64. The number of aliphatic hydroxyl groups excluding tert-OH is 1. The molecule has 0 aromatic carbocycles. The van der Waals surface area contributed by atoms with Crippen LogP contribution in [0.3, 0.4) is 0 Å².